The van der Waals surface area contributed by atoms with E-state index in [0.717, 1.165) is 46.4 Å². The number of rotatable bonds is 2. The Morgan fingerprint density at radius 1 is 1.08 bits per heavy atom. The van der Waals surface area contributed by atoms with Crippen LogP contribution in [-0.2, 0) is 4.74 Å². The molecule has 4 heterocycles. The van der Waals surface area contributed by atoms with Crippen LogP contribution in [0.3, 0.4) is 0 Å². The minimum atomic E-state index is 0.214. The zero-order chi connectivity index (χ0) is 17.5. The molecule has 6 heteroatoms. The van der Waals surface area contributed by atoms with Crippen LogP contribution in [0.25, 0.3) is 33.3 Å². The van der Waals surface area contributed by atoms with E-state index in [4.69, 9.17) is 14.1 Å². The molecule has 0 saturated carbocycles. The monoisotopic (exact) mass is 347 g/mol. The molecule has 0 unspecified atom stereocenters. The number of benzene rings is 1. The van der Waals surface area contributed by atoms with Crippen LogP contribution in [0.4, 0.5) is 5.69 Å². The van der Waals surface area contributed by atoms with Crippen molar-refractivity contribution < 1.29 is 14.3 Å². The summed E-state index contributed by atoms with van der Waals surface area (Å²) in [6, 6.07) is 11.1. The zero-order valence-electron chi connectivity index (χ0n) is 14.1. The normalized spacial score (nSPS) is 15.0. The predicted octanol–water partition coefficient (Wildman–Crippen LogP) is 3.59. The minimum Gasteiger partial charge on any atom is -0.508 e. The second kappa shape index (κ2) is 6.00. The molecular formula is C20H17N3O3. The maximum absolute atomic E-state index is 9.83. The Morgan fingerprint density at radius 2 is 1.96 bits per heavy atom. The quantitative estimate of drug-likeness (QED) is 0.597. The first-order chi connectivity index (χ1) is 12.8. The maximum atomic E-state index is 9.83. The van der Waals surface area contributed by atoms with E-state index in [0.29, 0.717) is 18.9 Å². The largest absolute Gasteiger partial charge is 0.508 e. The van der Waals surface area contributed by atoms with Crippen LogP contribution in [0.15, 0.2) is 53.2 Å². The summed E-state index contributed by atoms with van der Waals surface area (Å²) in [6.07, 6.45) is 3.48. The second-order valence-electron chi connectivity index (χ2n) is 6.33. The van der Waals surface area contributed by atoms with Gasteiger partial charge < -0.3 is 19.2 Å². The number of hydrogen-bond acceptors (Lipinski definition) is 6. The number of furan rings is 1. The van der Waals surface area contributed by atoms with Crippen LogP contribution in [0.5, 0.6) is 5.75 Å². The van der Waals surface area contributed by atoms with E-state index in [1.807, 2.05) is 18.2 Å². The van der Waals surface area contributed by atoms with Crippen LogP contribution in [0.2, 0.25) is 0 Å². The Morgan fingerprint density at radius 3 is 2.81 bits per heavy atom. The van der Waals surface area contributed by atoms with Gasteiger partial charge in [0.15, 0.2) is 5.58 Å². The topological polar surface area (TPSA) is 71.6 Å². The van der Waals surface area contributed by atoms with E-state index < -0.39 is 0 Å². The molecule has 0 aliphatic carbocycles. The number of pyridine rings is 2. The van der Waals surface area contributed by atoms with Gasteiger partial charge in [-0.25, -0.2) is 4.98 Å². The predicted molar refractivity (Wildman–Crippen MR) is 99.4 cm³/mol. The van der Waals surface area contributed by atoms with Gasteiger partial charge in [0, 0.05) is 30.2 Å². The number of anilines is 1. The van der Waals surface area contributed by atoms with E-state index in [1.54, 1.807) is 24.5 Å². The molecule has 0 spiro atoms. The van der Waals surface area contributed by atoms with Crippen LogP contribution >= 0.6 is 0 Å². The molecule has 26 heavy (non-hydrogen) atoms. The lowest BCUT2D eigenvalue weighted by atomic mass is 10.1. The third-order valence-corrected chi connectivity index (χ3v) is 4.72. The number of phenols is 1. The highest BCUT2D eigenvalue weighted by Crippen LogP contribution is 2.38. The average Bonchev–Trinajstić information content (AvgIpc) is 3.06. The molecule has 1 aromatic carbocycles. The first kappa shape index (κ1) is 15.2. The smallest absolute Gasteiger partial charge is 0.230 e. The van der Waals surface area contributed by atoms with Gasteiger partial charge in [-0.05, 0) is 24.3 Å². The number of phenolic OH excluding ortho intramolecular Hbond substituents is 1. The molecule has 0 radical (unpaired) electrons. The Hall–Kier alpha value is -3.12. The molecule has 1 fully saturated rings. The summed E-state index contributed by atoms with van der Waals surface area (Å²) in [4.78, 5) is 11.2. The van der Waals surface area contributed by atoms with Gasteiger partial charge in [0.25, 0.3) is 0 Å². The van der Waals surface area contributed by atoms with Crippen molar-refractivity contribution >= 4 is 27.8 Å². The third-order valence-electron chi connectivity index (χ3n) is 4.72. The highest BCUT2D eigenvalue weighted by Gasteiger charge is 2.21. The number of hydrogen-bond donors (Lipinski definition) is 1. The molecule has 1 N–H and O–H groups in total. The Kier molecular flexibility index (Phi) is 3.50. The lowest BCUT2D eigenvalue weighted by Crippen LogP contribution is -2.36. The Balaban J connectivity index is 1.79. The van der Waals surface area contributed by atoms with Crippen LogP contribution in [-0.4, -0.2) is 41.4 Å². The summed E-state index contributed by atoms with van der Waals surface area (Å²) < 4.78 is 11.5. The lowest BCUT2D eigenvalue weighted by Gasteiger charge is -2.29. The molecule has 1 saturated heterocycles. The summed E-state index contributed by atoms with van der Waals surface area (Å²) in [5.41, 5.74) is 3.98. The molecule has 3 aromatic heterocycles. The highest BCUT2D eigenvalue weighted by atomic mass is 16.5. The highest BCUT2D eigenvalue weighted by molar-refractivity contribution is 6.11. The van der Waals surface area contributed by atoms with Crippen molar-refractivity contribution in [3.63, 3.8) is 0 Å². The number of ether oxygens (including phenoxy) is 1. The minimum absolute atomic E-state index is 0.214. The first-order valence-corrected chi connectivity index (χ1v) is 8.59. The summed E-state index contributed by atoms with van der Waals surface area (Å²) in [5.74, 6) is 0.214. The van der Waals surface area contributed by atoms with Crippen LogP contribution in [0.1, 0.15) is 0 Å². The van der Waals surface area contributed by atoms with Gasteiger partial charge in [0.2, 0.25) is 5.71 Å². The number of morpholine rings is 1. The van der Waals surface area contributed by atoms with Gasteiger partial charge in [-0.1, -0.05) is 12.1 Å². The van der Waals surface area contributed by atoms with E-state index in [2.05, 4.69) is 16.0 Å². The molecule has 6 nitrogen and oxygen atoms in total. The molecule has 5 rings (SSSR count). The molecule has 0 bridgehead atoms. The second-order valence-corrected chi connectivity index (χ2v) is 6.33. The van der Waals surface area contributed by atoms with Gasteiger partial charge in [0.1, 0.15) is 5.75 Å². The number of aromatic hydroxyl groups is 1. The van der Waals surface area contributed by atoms with Crippen molar-refractivity contribution in [1.29, 1.82) is 0 Å². The van der Waals surface area contributed by atoms with E-state index in [9.17, 15) is 5.11 Å². The molecule has 1 aliphatic heterocycles. The zero-order valence-corrected chi connectivity index (χ0v) is 14.1. The fourth-order valence-electron chi connectivity index (χ4n) is 3.47. The van der Waals surface area contributed by atoms with Crippen molar-refractivity contribution in [3.8, 4) is 17.0 Å². The maximum Gasteiger partial charge on any atom is 0.230 e. The number of fused-ring (bicyclic) bond motifs is 3. The van der Waals surface area contributed by atoms with Crippen molar-refractivity contribution in [3.05, 3.63) is 48.8 Å². The van der Waals surface area contributed by atoms with Gasteiger partial charge in [-0.15, -0.1) is 0 Å². The van der Waals surface area contributed by atoms with Crippen LogP contribution in [0, 0.1) is 0 Å². The molecule has 4 aromatic rings. The Labute approximate surface area is 149 Å². The van der Waals surface area contributed by atoms with Crippen molar-refractivity contribution in [1.82, 2.24) is 9.97 Å². The van der Waals surface area contributed by atoms with Gasteiger partial charge in [-0.3, -0.25) is 4.98 Å². The van der Waals surface area contributed by atoms with E-state index >= 15 is 0 Å². The lowest BCUT2D eigenvalue weighted by molar-refractivity contribution is 0.123. The molecule has 0 amide bonds. The van der Waals surface area contributed by atoms with Crippen LogP contribution < -0.4 is 4.90 Å². The Bertz CT molecular complexity index is 1100. The molecule has 1 aliphatic rings. The van der Waals surface area contributed by atoms with Crippen molar-refractivity contribution in [2.75, 3.05) is 31.2 Å². The molecular weight excluding hydrogens is 330 g/mol. The summed E-state index contributed by atoms with van der Waals surface area (Å²) in [6.45, 7) is 3.03. The first-order valence-electron chi connectivity index (χ1n) is 8.59. The number of nitrogens with zero attached hydrogens (tertiary/aromatic N) is 3. The molecule has 0 atom stereocenters. The fourth-order valence-corrected chi connectivity index (χ4v) is 3.47. The fraction of sp³-hybridized carbons (Fsp3) is 0.200. The number of aromatic nitrogens is 2. The van der Waals surface area contributed by atoms with E-state index in [-0.39, 0.29) is 5.75 Å². The standard InChI is InChI=1S/C20H17N3O3/c24-14-3-1-2-13(10-14)16-11-17(23-6-8-25-9-7-23)19-15-4-5-21-12-18(15)26-20(19)22-16/h1-5,10-12,24H,6-9H2. The van der Waals surface area contributed by atoms with E-state index in [1.165, 1.54) is 0 Å². The van der Waals surface area contributed by atoms with Gasteiger partial charge in [-0.2, -0.15) is 0 Å². The van der Waals surface area contributed by atoms with Crippen molar-refractivity contribution in [2.45, 2.75) is 0 Å². The third kappa shape index (κ3) is 2.46. The van der Waals surface area contributed by atoms with Crippen molar-refractivity contribution in [2.24, 2.45) is 0 Å². The summed E-state index contributed by atoms with van der Waals surface area (Å²) >= 11 is 0. The summed E-state index contributed by atoms with van der Waals surface area (Å²) in [5, 5.41) is 11.8. The summed E-state index contributed by atoms with van der Waals surface area (Å²) in [7, 11) is 0. The average molecular weight is 347 g/mol. The SMILES string of the molecule is Oc1cccc(-c2cc(N3CCOCC3)c3c(n2)oc2cnccc23)c1. The van der Waals surface area contributed by atoms with Gasteiger partial charge in [0.05, 0.1) is 36.2 Å². The van der Waals surface area contributed by atoms with Gasteiger partial charge >= 0.3 is 0 Å². The molecule has 130 valence electrons.